The number of rotatable bonds is 6. The van der Waals surface area contributed by atoms with Crippen molar-refractivity contribution >= 4 is 6.21 Å². The monoisotopic (exact) mass is 362 g/mol. The van der Waals surface area contributed by atoms with Gasteiger partial charge >= 0.3 is 0 Å². The number of hydrogen-bond donors (Lipinski definition) is 1. The molecular formula is C21H38N4O. The van der Waals surface area contributed by atoms with Crippen molar-refractivity contribution in [2.45, 2.75) is 71.7 Å². The summed E-state index contributed by atoms with van der Waals surface area (Å²) in [6.45, 7) is 14.2. The fraction of sp³-hybridized carbons (Fsp3) is 0.857. The Morgan fingerprint density at radius 1 is 1.08 bits per heavy atom. The van der Waals surface area contributed by atoms with Crippen molar-refractivity contribution in [3.63, 3.8) is 0 Å². The van der Waals surface area contributed by atoms with E-state index >= 15 is 0 Å². The molecule has 1 N–H and O–H groups in total. The first-order valence-corrected chi connectivity index (χ1v) is 10.6. The van der Waals surface area contributed by atoms with Gasteiger partial charge in [0.2, 0.25) is 0 Å². The zero-order valence-corrected chi connectivity index (χ0v) is 17.2. The lowest BCUT2D eigenvalue weighted by Gasteiger charge is -2.43. The average Bonchev–Trinajstić information content (AvgIpc) is 2.67. The minimum Gasteiger partial charge on any atom is -0.379 e. The second kappa shape index (κ2) is 9.23. The van der Waals surface area contributed by atoms with Crippen molar-refractivity contribution in [3.05, 3.63) is 11.9 Å². The molecule has 5 heteroatoms. The fourth-order valence-corrected chi connectivity index (χ4v) is 4.30. The van der Waals surface area contributed by atoms with Crippen molar-refractivity contribution in [1.29, 1.82) is 0 Å². The summed E-state index contributed by atoms with van der Waals surface area (Å²) in [6, 6.07) is 0.782. The normalized spacial score (nSPS) is 30.6. The molecule has 0 radical (unpaired) electrons. The molecule has 1 saturated heterocycles. The third-order valence-electron chi connectivity index (χ3n) is 6.08. The highest BCUT2D eigenvalue weighted by Gasteiger charge is 2.29. The summed E-state index contributed by atoms with van der Waals surface area (Å²) in [6.07, 6.45) is 10.2. The lowest BCUT2D eigenvalue weighted by molar-refractivity contribution is 0.0244. The van der Waals surface area contributed by atoms with Gasteiger partial charge in [-0.1, -0.05) is 13.8 Å². The second-order valence-electron chi connectivity index (χ2n) is 8.78. The highest BCUT2D eigenvalue weighted by molar-refractivity contribution is 5.78. The van der Waals surface area contributed by atoms with Gasteiger partial charge in [0.25, 0.3) is 0 Å². The average molecular weight is 363 g/mol. The Kier molecular flexibility index (Phi) is 6.98. The van der Waals surface area contributed by atoms with Crippen molar-refractivity contribution in [2.75, 3.05) is 32.8 Å². The number of piperazine rings is 1. The van der Waals surface area contributed by atoms with Gasteiger partial charge in [-0.3, -0.25) is 9.89 Å². The zero-order valence-electron chi connectivity index (χ0n) is 17.2. The van der Waals surface area contributed by atoms with Crippen LogP contribution in [0.2, 0.25) is 0 Å². The van der Waals surface area contributed by atoms with E-state index in [1.165, 1.54) is 44.5 Å². The molecule has 0 aromatic heterocycles. The third kappa shape index (κ3) is 5.23. The van der Waals surface area contributed by atoms with E-state index in [0.29, 0.717) is 12.0 Å². The molecule has 26 heavy (non-hydrogen) atoms. The third-order valence-corrected chi connectivity index (χ3v) is 6.08. The van der Waals surface area contributed by atoms with Gasteiger partial charge in [0.1, 0.15) is 6.17 Å². The van der Waals surface area contributed by atoms with Gasteiger partial charge < -0.3 is 15.0 Å². The first-order valence-electron chi connectivity index (χ1n) is 10.6. The zero-order chi connectivity index (χ0) is 18.5. The van der Waals surface area contributed by atoms with Crippen molar-refractivity contribution < 1.29 is 4.74 Å². The molecule has 1 atom stereocenters. The van der Waals surface area contributed by atoms with Gasteiger partial charge in [-0.15, -0.1) is 0 Å². The number of hydrogen-bond acceptors (Lipinski definition) is 5. The lowest BCUT2D eigenvalue weighted by atomic mass is 9.85. The number of aliphatic imine (C=N–C) groups is 1. The van der Waals surface area contributed by atoms with Crippen LogP contribution in [0.5, 0.6) is 0 Å². The molecule has 0 amide bonds. The maximum atomic E-state index is 5.82. The van der Waals surface area contributed by atoms with E-state index in [1.807, 2.05) is 0 Å². The molecule has 148 valence electrons. The molecule has 0 aromatic carbocycles. The van der Waals surface area contributed by atoms with Crippen LogP contribution in [-0.4, -0.2) is 67.1 Å². The molecule has 5 nitrogen and oxygen atoms in total. The predicted octanol–water partition coefficient (Wildman–Crippen LogP) is 3.09. The molecular weight excluding hydrogens is 324 g/mol. The van der Waals surface area contributed by atoms with Crippen LogP contribution in [0.3, 0.4) is 0 Å². The van der Waals surface area contributed by atoms with Gasteiger partial charge in [0, 0.05) is 51.2 Å². The highest BCUT2D eigenvalue weighted by atomic mass is 16.5. The summed E-state index contributed by atoms with van der Waals surface area (Å²) >= 11 is 0. The van der Waals surface area contributed by atoms with Crippen LogP contribution in [0.1, 0.15) is 53.4 Å². The standard InChI is InChI=1S/C21H38N4O/c1-16(2)21-22-13-20(14-23-21)25-11-9-24(10-12-25)19-7-5-18(6-8-19)15-26-17(3)4/h13-14,16-19,21-22H,5-12,15H2,1-4H3. The second-order valence-corrected chi connectivity index (χ2v) is 8.78. The van der Waals surface area contributed by atoms with Crippen LogP contribution in [0, 0.1) is 11.8 Å². The van der Waals surface area contributed by atoms with Gasteiger partial charge in [-0.25, -0.2) is 0 Å². The van der Waals surface area contributed by atoms with Gasteiger partial charge in [-0.05, 0) is 51.4 Å². The highest BCUT2D eigenvalue weighted by Crippen LogP contribution is 2.29. The van der Waals surface area contributed by atoms with Gasteiger partial charge in [-0.2, -0.15) is 0 Å². The molecule has 2 aliphatic heterocycles. The van der Waals surface area contributed by atoms with E-state index in [9.17, 15) is 0 Å². The van der Waals surface area contributed by atoms with Crippen LogP contribution < -0.4 is 5.32 Å². The van der Waals surface area contributed by atoms with Crippen molar-refractivity contribution in [1.82, 2.24) is 15.1 Å². The lowest BCUT2D eigenvalue weighted by Crippen LogP contribution is -2.51. The fourth-order valence-electron chi connectivity index (χ4n) is 4.30. The number of nitrogens with zero attached hydrogens (tertiary/aromatic N) is 3. The quantitative estimate of drug-likeness (QED) is 0.788. The van der Waals surface area contributed by atoms with E-state index in [4.69, 9.17) is 4.74 Å². The Morgan fingerprint density at radius 3 is 2.31 bits per heavy atom. The Balaban J connectivity index is 1.39. The van der Waals surface area contributed by atoms with E-state index in [2.05, 4.69) is 60.2 Å². The molecule has 0 spiro atoms. The predicted molar refractivity (Wildman–Crippen MR) is 108 cm³/mol. The molecule has 2 fully saturated rings. The van der Waals surface area contributed by atoms with E-state index in [1.54, 1.807) is 0 Å². The Bertz CT molecular complexity index is 486. The number of ether oxygens (including phenoxy) is 1. The minimum atomic E-state index is 0.231. The molecule has 2 heterocycles. The Morgan fingerprint density at radius 2 is 1.77 bits per heavy atom. The Hall–Kier alpha value is -1.07. The summed E-state index contributed by atoms with van der Waals surface area (Å²) in [7, 11) is 0. The molecule has 3 rings (SSSR count). The van der Waals surface area contributed by atoms with Crippen molar-refractivity contribution in [2.24, 2.45) is 16.8 Å². The van der Waals surface area contributed by atoms with Crippen LogP contribution in [0.4, 0.5) is 0 Å². The SMILES string of the molecule is CC(C)OCC1CCC(N2CCN(C3=CNC(C(C)C)N=C3)CC2)CC1. The van der Waals surface area contributed by atoms with E-state index < -0.39 is 0 Å². The molecule has 1 saturated carbocycles. The summed E-state index contributed by atoms with van der Waals surface area (Å²) in [5.74, 6) is 1.31. The summed E-state index contributed by atoms with van der Waals surface area (Å²) < 4.78 is 5.82. The molecule has 0 bridgehead atoms. The Labute approximate surface area is 159 Å². The summed E-state index contributed by atoms with van der Waals surface area (Å²) in [5.41, 5.74) is 1.25. The summed E-state index contributed by atoms with van der Waals surface area (Å²) in [4.78, 5) is 9.86. The van der Waals surface area contributed by atoms with E-state index in [-0.39, 0.29) is 6.17 Å². The van der Waals surface area contributed by atoms with Crippen LogP contribution in [0.25, 0.3) is 0 Å². The van der Waals surface area contributed by atoms with Gasteiger partial charge in [0.15, 0.2) is 0 Å². The first kappa shape index (κ1) is 19.7. The maximum absolute atomic E-state index is 5.82. The minimum absolute atomic E-state index is 0.231. The van der Waals surface area contributed by atoms with E-state index in [0.717, 1.165) is 31.7 Å². The maximum Gasteiger partial charge on any atom is 0.120 e. The topological polar surface area (TPSA) is 40.1 Å². The molecule has 1 aliphatic carbocycles. The molecule has 1 unspecified atom stereocenters. The number of nitrogens with one attached hydrogen (secondary N) is 1. The molecule has 0 aromatic rings. The molecule has 3 aliphatic rings. The largest absolute Gasteiger partial charge is 0.379 e. The van der Waals surface area contributed by atoms with Gasteiger partial charge in [0.05, 0.1) is 11.8 Å². The number of allylic oxidation sites excluding steroid dienone is 1. The van der Waals surface area contributed by atoms with Crippen LogP contribution in [0.15, 0.2) is 16.9 Å². The smallest absolute Gasteiger partial charge is 0.120 e. The van der Waals surface area contributed by atoms with Crippen LogP contribution >= 0.6 is 0 Å². The summed E-state index contributed by atoms with van der Waals surface area (Å²) in [5, 5.41) is 3.44. The van der Waals surface area contributed by atoms with Crippen molar-refractivity contribution in [3.8, 4) is 0 Å². The first-order chi connectivity index (χ1) is 12.5. The van der Waals surface area contributed by atoms with Crippen LogP contribution in [-0.2, 0) is 4.74 Å².